The minimum atomic E-state index is -0.953. The van der Waals surface area contributed by atoms with Crippen molar-refractivity contribution in [2.45, 2.75) is 18.4 Å². The third-order valence-corrected chi connectivity index (χ3v) is 5.19. The summed E-state index contributed by atoms with van der Waals surface area (Å²) in [4.78, 5) is 27.7. The Bertz CT molecular complexity index is 1000. The van der Waals surface area contributed by atoms with E-state index in [2.05, 4.69) is 15.6 Å². The normalized spacial score (nSPS) is 10.7. The van der Waals surface area contributed by atoms with Gasteiger partial charge < -0.3 is 15.1 Å². The molecule has 0 fully saturated rings. The molecular formula is C18H15F2N3O3S2. The van der Waals surface area contributed by atoms with Crippen LogP contribution in [0.15, 0.2) is 45.0 Å². The van der Waals surface area contributed by atoms with Gasteiger partial charge in [-0.15, -0.1) is 23.1 Å². The number of benzene rings is 1. The Labute approximate surface area is 167 Å². The van der Waals surface area contributed by atoms with Crippen LogP contribution in [0.3, 0.4) is 0 Å². The highest BCUT2D eigenvalue weighted by Gasteiger charge is 2.12. The molecule has 6 nitrogen and oxygen atoms in total. The van der Waals surface area contributed by atoms with E-state index in [9.17, 15) is 18.4 Å². The second-order valence-electron chi connectivity index (χ2n) is 5.63. The summed E-state index contributed by atoms with van der Waals surface area (Å²) in [7, 11) is 0. The van der Waals surface area contributed by atoms with Crippen molar-refractivity contribution in [1.29, 1.82) is 0 Å². The maximum absolute atomic E-state index is 13.2. The molecule has 0 aliphatic carbocycles. The van der Waals surface area contributed by atoms with Gasteiger partial charge in [-0.2, -0.15) is 0 Å². The van der Waals surface area contributed by atoms with Crippen molar-refractivity contribution in [3.63, 3.8) is 0 Å². The standard InChI is InChI=1S/C18H15F2N3O3S2/c1-10(24)21-7-11-2-5-16(26-11)15-8-28-18(22-15)23-17(25)9-27-12-3-4-13(19)14(20)6-12/h2-6,8H,7,9H2,1H3,(H,21,24)(H,22,23,25). The van der Waals surface area contributed by atoms with Crippen LogP contribution in [0.5, 0.6) is 0 Å². The number of thioether (sulfide) groups is 1. The summed E-state index contributed by atoms with van der Waals surface area (Å²) in [5.74, 6) is -1.21. The zero-order valence-corrected chi connectivity index (χ0v) is 16.3. The fourth-order valence-corrected chi connectivity index (χ4v) is 3.57. The molecule has 0 bridgehead atoms. The fraction of sp³-hybridized carbons (Fsp3) is 0.167. The zero-order chi connectivity index (χ0) is 20.1. The molecule has 0 aliphatic rings. The smallest absolute Gasteiger partial charge is 0.236 e. The highest BCUT2D eigenvalue weighted by Crippen LogP contribution is 2.27. The van der Waals surface area contributed by atoms with Crippen molar-refractivity contribution in [2.24, 2.45) is 0 Å². The third kappa shape index (κ3) is 5.40. The number of hydrogen-bond acceptors (Lipinski definition) is 6. The molecule has 0 aliphatic heterocycles. The number of rotatable bonds is 7. The summed E-state index contributed by atoms with van der Waals surface area (Å²) in [6.07, 6.45) is 0. The van der Waals surface area contributed by atoms with E-state index in [1.807, 2.05) is 0 Å². The molecule has 2 aromatic heterocycles. The van der Waals surface area contributed by atoms with E-state index in [1.165, 1.54) is 24.3 Å². The average Bonchev–Trinajstić information content (AvgIpc) is 3.30. The molecule has 146 valence electrons. The molecule has 28 heavy (non-hydrogen) atoms. The van der Waals surface area contributed by atoms with Gasteiger partial charge in [0.05, 0.1) is 12.3 Å². The van der Waals surface area contributed by atoms with Crippen LogP contribution in [-0.2, 0) is 16.1 Å². The number of hydrogen-bond donors (Lipinski definition) is 2. The lowest BCUT2D eigenvalue weighted by Crippen LogP contribution is -2.18. The van der Waals surface area contributed by atoms with Gasteiger partial charge >= 0.3 is 0 Å². The number of carbonyl (C=O) groups excluding carboxylic acids is 2. The van der Waals surface area contributed by atoms with Crippen molar-refractivity contribution in [3.05, 3.63) is 53.1 Å². The predicted octanol–water partition coefficient (Wildman–Crippen LogP) is 4.05. The lowest BCUT2D eigenvalue weighted by atomic mass is 10.3. The Hall–Kier alpha value is -2.72. The summed E-state index contributed by atoms with van der Waals surface area (Å²) in [5, 5.41) is 7.42. The minimum absolute atomic E-state index is 0.0294. The molecule has 0 spiro atoms. The van der Waals surface area contributed by atoms with E-state index in [0.717, 1.165) is 23.9 Å². The summed E-state index contributed by atoms with van der Waals surface area (Å²) >= 11 is 2.32. The van der Waals surface area contributed by atoms with Crippen LogP contribution in [0.1, 0.15) is 12.7 Å². The molecule has 3 rings (SSSR count). The molecule has 1 aromatic carbocycles. The lowest BCUT2D eigenvalue weighted by molar-refractivity contribution is -0.119. The molecule has 0 unspecified atom stereocenters. The number of nitrogens with zero attached hydrogens (tertiary/aromatic N) is 1. The number of anilines is 1. The Morgan fingerprint density at radius 1 is 1.21 bits per heavy atom. The number of amides is 2. The number of halogens is 2. The molecular weight excluding hydrogens is 408 g/mol. The van der Waals surface area contributed by atoms with Crippen molar-refractivity contribution in [2.75, 3.05) is 11.1 Å². The molecule has 0 saturated carbocycles. The van der Waals surface area contributed by atoms with Gasteiger partial charge in [-0.05, 0) is 30.3 Å². The van der Waals surface area contributed by atoms with Crippen LogP contribution in [0.2, 0.25) is 0 Å². The van der Waals surface area contributed by atoms with Crippen LogP contribution in [-0.4, -0.2) is 22.6 Å². The Morgan fingerprint density at radius 2 is 2.04 bits per heavy atom. The Balaban J connectivity index is 1.54. The predicted molar refractivity (Wildman–Crippen MR) is 103 cm³/mol. The summed E-state index contributed by atoms with van der Waals surface area (Å²) in [6, 6.07) is 6.95. The fourth-order valence-electron chi connectivity index (χ4n) is 2.14. The molecule has 10 heteroatoms. The van der Waals surface area contributed by atoms with Crippen molar-refractivity contribution < 1.29 is 22.8 Å². The summed E-state index contributed by atoms with van der Waals surface area (Å²) in [6.45, 7) is 1.70. The highest BCUT2D eigenvalue weighted by molar-refractivity contribution is 8.00. The topological polar surface area (TPSA) is 84.2 Å². The average molecular weight is 423 g/mol. The van der Waals surface area contributed by atoms with Gasteiger partial charge in [-0.3, -0.25) is 9.59 Å². The Morgan fingerprint density at radius 3 is 2.79 bits per heavy atom. The van der Waals surface area contributed by atoms with Crippen LogP contribution in [0.4, 0.5) is 13.9 Å². The second kappa shape index (κ2) is 8.98. The molecule has 3 aromatic rings. The first-order valence-corrected chi connectivity index (χ1v) is 9.94. The van der Waals surface area contributed by atoms with E-state index in [-0.39, 0.29) is 24.1 Å². The molecule has 0 radical (unpaired) electrons. The van der Waals surface area contributed by atoms with Crippen LogP contribution in [0, 0.1) is 11.6 Å². The van der Waals surface area contributed by atoms with E-state index >= 15 is 0 Å². The van der Waals surface area contributed by atoms with Crippen molar-refractivity contribution in [3.8, 4) is 11.5 Å². The van der Waals surface area contributed by atoms with Gasteiger partial charge in [0.1, 0.15) is 11.5 Å². The van der Waals surface area contributed by atoms with E-state index in [1.54, 1.807) is 17.5 Å². The van der Waals surface area contributed by atoms with Gasteiger partial charge in [0, 0.05) is 17.2 Å². The first-order chi connectivity index (χ1) is 13.4. The number of aromatic nitrogens is 1. The number of nitrogens with one attached hydrogen (secondary N) is 2. The summed E-state index contributed by atoms with van der Waals surface area (Å²) < 4.78 is 31.7. The molecule has 2 heterocycles. The van der Waals surface area contributed by atoms with Crippen LogP contribution >= 0.6 is 23.1 Å². The largest absolute Gasteiger partial charge is 0.458 e. The van der Waals surface area contributed by atoms with Gasteiger partial charge in [0.25, 0.3) is 0 Å². The van der Waals surface area contributed by atoms with Crippen molar-refractivity contribution >= 4 is 40.0 Å². The number of thiazole rings is 1. The minimum Gasteiger partial charge on any atom is -0.458 e. The monoisotopic (exact) mass is 423 g/mol. The molecule has 2 N–H and O–H groups in total. The number of carbonyl (C=O) groups is 2. The van der Waals surface area contributed by atoms with Gasteiger partial charge in [0.15, 0.2) is 22.5 Å². The maximum atomic E-state index is 13.2. The lowest BCUT2D eigenvalue weighted by Gasteiger charge is -2.03. The molecule has 0 saturated heterocycles. The highest BCUT2D eigenvalue weighted by atomic mass is 32.2. The number of furan rings is 1. The van der Waals surface area contributed by atoms with Crippen LogP contribution in [0.25, 0.3) is 11.5 Å². The molecule has 2 amide bonds. The molecule has 0 atom stereocenters. The van der Waals surface area contributed by atoms with E-state index in [0.29, 0.717) is 27.2 Å². The zero-order valence-electron chi connectivity index (χ0n) is 14.6. The van der Waals surface area contributed by atoms with Crippen LogP contribution < -0.4 is 10.6 Å². The second-order valence-corrected chi connectivity index (χ2v) is 7.53. The maximum Gasteiger partial charge on any atom is 0.236 e. The summed E-state index contributed by atoms with van der Waals surface area (Å²) in [5.41, 5.74) is 0.558. The van der Waals surface area contributed by atoms with E-state index < -0.39 is 11.6 Å². The third-order valence-electron chi connectivity index (χ3n) is 3.44. The first-order valence-electron chi connectivity index (χ1n) is 8.07. The van der Waals surface area contributed by atoms with E-state index in [4.69, 9.17) is 4.42 Å². The van der Waals surface area contributed by atoms with Gasteiger partial charge in [0.2, 0.25) is 11.8 Å². The quantitative estimate of drug-likeness (QED) is 0.560. The van der Waals surface area contributed by atoms with Gasteiger partial charge in [-0.1, -0.05) is 0 Å². The van der Waals surface area contributed by atoms with Gasteiger partial charge in [-0.25, -0.2) is 13.8 Å². The SMILES string of the molecule is CC(=O)NCc1ccc(-c2csc(NC(=O)CSc3ccc(F)c(F)c3)n2)o1. The first kappa shape index (κ1) is 20.0. The van der Waals surface area contributed by atoms with Crippen molar-refractivity contribution in [1.82, 2.24) is 10.3 Å². The Kier molecular flexibility index (Phi) is 6.42.